The van der Waals surface area contributed by atoms with Crippen molar-refractivity contribution >= 4 is 10.8 Å². The predicted octanol–water partition coefficient (Wildman–Crippen LogP) is 4.35. The highest BCUT2D eigenvalue weighted by Crippen LogP contribution is 2.31. The summed E-state index contributed by atoms with van der Waals surface area (Å²) in [5, 5.41) is 5.50. The minimum Gasteiger partial charge on any atom is -0.238 e. The van der Waals surface area contributed by atoms with Crippen LogP contribution < -0.4 is 0 Å². The third-order valence-corrected chi connectivity index (χ3v) is 3.23. The van der Waals surface area contributed by atoms with Crippen LogP contribution in [0.1, 0.15) is 11.3 Å². The van der Waals surface area contributed by atoms with E-state index in [0.29, 0.717) is 5.39 Å². The highest BCUT2D eigenvalue weighted by atomic mass is 19.4. The normalized spacial score (nSPS) is 12.0. The maximum absolute atomic E-state index is 12.7. The lowest BCUT2D eigenvalue weighted by atomic mass is 10.1. The van der Waals surface area contributed by atoms with E-state index in [1.807, 2.05) is 19.1 Å². The molecule has 0 unspecified atom stereocenters. The molecule has 0 fully saturated rings. The van der Waals surface area contributed by atoms with Crippen molar-refractivity contribution < 1.29 is 13.2 Å². The third-order valence-electron chi connectivity index (χ3n) is 3.23. The van der Waals surface area contributed by atoms with Crippen molar-refractivity contribution in [1.29, 1.82) is 0 Å². The van der Waals surface area contributed by atoms with E-state index in [1.54, 1.807) is 23.0 Å². The van der Waals surface area contributed by atoms with E-state index < -0.39 is 11.7 Å². The van der Waals surface area contributed by atoms with Crippen LogP contribution in [-0.2, 0) is 6.18 Å². The topological polar surface area (TPSA) is 17.8 Å². The minimum atomic E-state index is -4.31. The van der Waals surface area contributed by atoms with Crippen LogP contribution >= 0.6 is 0 Å². The summed E-state index contributed by atoms with van der Waals surface area (Å²) >= 11 is 0. The molecule has 0 saturated heterocycles. The molecule has 0 atom stereocenters. The molecule has 20 heavy (non-hydrogen) atoms. The Kier molecular flexibility index (Phi) is 2.78. The Balaban J connectivity index is 2.12. The number of aryl methyl sites for hydroxylation is 1. The Morgan fingerprint density at radius 3 is 2.30 bits per heavy atom. The minimum absolute atomic E-state index is 0.563. The monoisotopic (exact) mass is 276 g/mol. The molecule has 0 amide bonds. The maximum atomic E-state index is 12.7. The van der Waals surface area contributed by atoms with Gasteiger partial charge in [0, 0.05) is 11.9 Å². The largest absolute Gasteiger partial charge is 0.416 e. The fourth-order valence-corrected chi connectivity index (χ4v) is 2.18. The second-order valence-corrected chi connectivity index (χ2v) is 4.63. The van der Waals surface area contributed by atoms with Gasteiger partial charge in [-0.25, -0.2) is 4.68 Å². The Morgan fingerprint density at radius 1 is 0.950 bits per heavy atom. The summed E-state index contributed by atoms with van der Waals surface area (Å²) in [7, 11) is 0. The number of hydrogen-bond acceptors (Lipinski definition) is 1. The number of aromatic nitrogens is 2. The lowest BCUT2D eigenvalue weighted by molar-refractivity contribution is -0.137. The fraction of sp³-hybridized carbons (Fsp3) is 0.133. The smallest absolute Gasteiger partial charge is 0.238 e. The number of nitrogens with zero attached hydrogens (tertiary/aromatic N) is 2. The molecule has 0 saturated carbocycles. The summed E-state index contributed by atoms with van der Waals surface area (Å²) in [6.45, 7) is 1.92. The van der Waals surface area contributed by atoms with Crippen LogP contribution in [0, 0.1) is 6.92 Å². The quantitative estimate of drug-likeness (QED) is 0.646. The van der Waals surface area contributed by atoms with Crippen molar-refractivity contribution in [3.05, 3.63) is 59.9 Å². The summed E-state index contributed by atoms with van der Waals surface area (Å²) in [6.07, 6.45) is -2.63. The number of benzene rings is 2. The van der Waals surface area contributed by atoms with Crippen LogP contribution in [0.3, 0.4) is 0 Å². The Bertz CT molecular complexity index is 772. The van der Waals surface area contributed by atoms with Gasteiger partial charge < -0.3 is 0 Å². The van der Waals surface area contributed by atoms with Crippen LogP contribution in [0.4, 0.5) is 13.2 Å². The molecule has 2 nitrogen and oxygen atoms in total. The molecule has 102 valence electrons. The van der Waals surface area contributed by atoms with Gasteiger partial charge >= 0.3 is 6.18 Å². The van der Waals surface area contributed by atoms with Gasteiger partial charge in [-0.15, -0.1) is 0 Å². The van der Waals surface area contributed by atoms with Crippen molar-refractivity contribution in [2.45, 2.75) is 13.1 Å². The van der Waals surface area contributed by atoms with Crippen LogP contribution in [0.15, 0.2) is 48.7 Å². The maximum Gasteiger partial charge on any atom is 0.416 e. The van der Waals surface area contributed by atoms with E-state index in [4.69, 9.17) is 0 Å². The summed E-state index contributed by atoms with van der Waals surface area (Å²) in [6, 6.07) is 10.9. The van der Waals surface area contributed by atoms with Gasteiger partial charge in [0.25, 0.3) is 0 Å². The Hall–Kier alpha value is -2.30. The molecule has 0 bridgehead atoms. The summed E-state index contributed by atoms with van der Waals surface area (Å²) < 4.78 is 39.7. The van der Waals surface area contributed by atoms with Gasteiger partial charge in [-0.1, -0.05) is 12.1 Å². The first-order valence-electron chi connectivity index (χ1n) is 6.07. The molecule has 0 N–H and O–H groups in total. The molecule has 1 aromatic heterocycles. The van der Waals surface area contributed by atoms with E-state index in [2.05, 4.69) is 5.10 Å². The number of alkyl halides is 3. The molecule has 3 rings (SSSR count). The van der Waals surface area contributed by atoms with Gasteiger partial charge in [-0.3, -0.25) is 0 Å². The van der Waals surface area contributed by atoms with Crippen LogP contribution in [-0.4, -0.2) is 9.78 Å². The average molecular weight is 276 g/mol. The van der Waals surface area contributed by atoms with Crippen molar-refractivity contribution in [3.8, 4) is 5.69 Å². The molecular formula is C15H11F3N2. The van der Waals surface area contributed by atoms with Gasteiger partial charge in [-0.2, -0.15) is 18.3 Å². The number of hydrogen-bond donors (Lipinski definition) is 0. The molecule has 0 spiro atoms. The third kappa shape index (κ3) is 2.15. The standard InChI is InChI=1S/C15H11F3N2/c1-10-6-7-19-20(10)14-5-3-11-8-13(15(16,17)18)4-2-12(11)9-14/h2-9H,1H3. The predicted molar refractivity (Wildman–Crippen MR) is 70.8 cm³/mol. The van der Waals surface area contributed by atoms with Crippen LogP contribution in [0.25, 0.3) is 16.5 Å². The summed E-state index contributed by atoms with van der Waals surface area (Å²) in [5.41, 5.74) is 1.17. The number of halogens is 3. The highest BCUT2D eigenvalue weighted by molar-refractivity contribution is 5.85. The zero-order valence-electron chi connectivity index (χ0n) is 10.6. The first-order chi connectivity index (χ1) is 9.45. The molecule has 3 aromatic rings. The van der Waals surface area contributed by atoms with Gasteiger partial charge in [0.1, 0.15) is 0 Å². The van der Waals surface area contributed by atoms with Crippen LogP contribution in [0.5, 0.6) is 0 Å². The number of fused-ring (bicyclic) bond motifs is 1. The molecule has 1 heterocycles. The van der Waals surface area contributed by atoms with Gasteiger partial charge in [-0.05, 0) is 48.0 Å². The first kappa shape index (κ1) is 12.7. The van der Waals surface area contributed by atoms with Crippen molar-refractivity contribution in [3.63, 3.8) is 0 Å². The van der Waals surface area contributed by atoms with E-state index in [1.165, 1.54) is 6.07 Å². The SMILES string of the molecule is Cc1ccnn1-c1ccc2cc(C(F)(F)F)ccc2c1. The fourth-order valence-electron chi connectivity index (χ4n) is 2.18. The second-order valence-electron chi connectivity index (χ2n) is 4.63. The van der Waals surface area contributed by atoms with Gasteiger partial charge in [0.05, 0.1) is 11.3 Å². The zero-order valence-corrected chi connectivity index (χ0v) is 10.6. The highest BCUT2D eigenvalue weighted by Gasteiger charge is 2.30. The summed E-state index contributed by atoms with van der Waals surface area (Å²) in [4.78, 5) is 0. The van der Waals surface area contributed by atoms with E-state index in [-0.39, 0.29) is 0 Å². The molecule has 5 heteroatoms. The second kappa shape index (κ2) is 4.37. The number of rotatable bonds is 1. The molecule has 0 radical (unpaired) electrons. The van der Waals surface area contributed by atoms with Crippen molar-refractivity contribution in [1.82, 2.24) is 9.78 Å². The van der Waals surface area contributed by atoms with Crippen LogP contribution in [0.2, 0.25) is 0 Å². The van der Waals surface area contributed by atoms with E-state index in [9.17, 15) is 13.2 Å². The molecule has 0 aliphatic carbocycles. The molecule has 2 aromatic carbocycles. The zero-order chi connectivity index (χ0) is 14.3. The van der Waals surface area contributed by atoms with Gasteiger partial charge in [0.15, 0.2) is 0 Å². The molecular weight excluding hydrogens is 265 g/mol. The summed E-state index contributed by atoms with van der Waals surface area (Å²) in [5.74, 6) is 0. The van der Waals surface area contributed by atoms with Crippen molar-refractivity contribution in [2.24, 2.45) is 0 Å². The first-order valence-corrected chi connectivity index (χ1v) is 6.07. The van der Waals surface area contributed by atoms with Gasteiger partial charge in [0.2, 0.25) is 0 Å². The van der Waals surface area contributed by atoms with E-state index in [0.717, 1.165) is 28.9 Å². The lowest BCUT2D eigenvalue weighted by Gasteiger charge is -2.09. The average Bonchev–Trinajstić information content (AvgIpc) is 2.83. The Morgan fingerprint density at radius 2 is 1.65 bits per heavy atom. The Labute approximate surface area is 113 Å². The van der Waals surface area contributed by atoms with E-state index >= 15 is 0 Å². The lowest BCUT2D eigenvalue weighted by Crippen LogP contribution is -2.04. The van der Waals surface area contributed by atoms with Crippen molar-refractivity contribution in [2.75, 3.05) is 0 Å². The molecule has 0 aliphatic heterocycles. The molecule has 0 aliphatic rings.